The van der Waals surface area contributed by atoms with E-state index in [2.05, 4.69) is 0 Å². The zero-order valence-electron chi connectivity index (χ0n) is 13.8. The Labute approximate surface area is 150 Å². The Morgan fingerprint density at radius 3 is 2.24 bits per heavy atom. The fraction of sp³-hybridized carbons (Fsp3) is 0.222. The number of hydrogen-bond acceptors (Lipinski definition) is 6. The Morgan fingerprint density at radius 2 is 1.60 bits per heavy atom. The molecule has 132 valence electrons. The van der Waals surface area contributed by atoms with E-state index in [0.717, 1.165) is 0 Å². The summed E-state index contributed by atoms with van der Waals surface area (Å²) in [6.07, 6.45) is 0. The molecular formula is C18H17ClO6. The summed E-state index contributed by atoms with van der Waals surface area (Å²) in [7, 11) is 2.97. The quantitative estimate of drug-likeness (QED) is 0.529. The molecule has 0 aliphatic rings. The highest BCUT2D eigenvalue weighted by atomic mass is 35.5. The first-order chi connectivity index (χ1) is 12.0. The molecule has 25 heavy (non-hydrogen) atoms. The van der Waals surface area contributed by atoms with Crippen LogP contribution in [-0.4, -0.2) is 39.2 Å². The van der Waals surface area contributed by atoms with Gasteiger partial charge in [0.1, 0.15) is 5.75 Å². The van der Waals surface area contributed by atoms with Crippen LogP contribution in [0.1, 0.15) is 10.4 Å². The van der Waals surface area contributed by atoms with Gasteiger partial charge in [-0.2, -0.15) is 0 Å². The first-order valence-corrected chi connectivity index (χ1v) is 7.70. The summed E-state index contributed by atoms with van der Waals surface area (Å²) in [6.45, 7) is -0.695. The molecule has 0 aromatic heterocycles. The number of carbonyl (C=O) groups is 2. The number of esters is 1. The molecule has 0 aliphatic carbocycles. The molecule has 6 nitrogen and oxygen atoms in total. The van der Waals surface area contributed by atoms with Crippen LogP contribution in [-0.2, 0) is 9.53 Å². The van der Waals surface area contributed by atoms with Gasteiger partial charge in [0.05, 0.1) is 14.2 Å². The van der Waals surface area contributed by atoms with E-state index in [1.54, 1.807) is 36.4 Å². The van der Waals surface area contributed by atoms with Crippen molar-refractivity contribution in [2.45, 2.75) is 0 Å². The van der Waals surface area contributed by atoms with Crippen molar-refractivity contribution in [3.8, 4) is 17.2 Å². The van der Waals surface area contributed by atoms with Gasteiger partial charge in [-0.1, -0.05) is 11.6 Å². The largest absolute Gasteiger partial charge is 0.493 e. The molecule has 0 radical (unpaired) electrons. The van der Waals surface area contributed by atoms with Gasteiger partial charge in [0.15, 0.2) is 30.5 Å². The molecule has 2 aromatic carbocycles. The Hall–Kier alpha value is -2.73. The summed E-state index contributed by atoms with van der Waals surface area (Å²) in [5.41, 5.74) is 0.351. The standard InChI is InChI=1S/C18H17ClO6/c1-22-16-8-3-12(9-17(16)23-2)15(20)10-25-18(21)11-24-14-6-4-13(19)5-7-14/h3-9H,10-11H2,1-2H3. The van der Waals surface area contributed by atoms with E-state index < -0.39 is 12.6 Å². The molecule has 0 saturated carbocycles. The fourth-order valence-corrected chi connectivity index (χ4v) is 2.08. The normalized spacial score (nSPS) is 10.0. The minimum absolute atomic E-state index is 0.305. The molecule has 0 N–H and O–H groups in total. The highest BCUT2D eigenvalue weighted by Crippen LogP contribution is 2.27. The smallest absolute Gasteiger partial charge is 0.344 e. The van der Waals surface area contributed by atoms with Gasteiger partial charge in [-0.15, -0.1) is 0 Å². The molecule has 2 aromatic rings. The lowest BCUT2D eigenvalue weighted by atomic mass is 10.1. The van der Waals surface area contributed by atoms with Crippen molar-refractivity contribution in [1.82, 2.24) is 0 Å². The number of Topliss-reactive ketones (excluding diaryl/α,β-unsaturated/α-hetero) is 1. The number of carbonyl (C=O) groups excluding carboxylic acids is 2. The minimum Gasteiger partial charge on any atom is -0.493 e. The first-order valence-electron chi connectivity index (χ1n) is 7.32. The summed E-state index contributed by atoms with van der Waals surface area (Å²) in [4.78, 5) is 23.8. The third-order valence-electron chi connectivity index (χ3n) is 3.24. The van der Waals surface area contributed by atoms with Crippen LogP contribution >= 0.6 is 11.6 Å². The van der Waals surface area contributed by atoms with Gasteiger partial charge in [0.2, 0.25) is 0 Å². The third-order valence-corrected chi connectivity index (χ3v) is 3.49. The van der Waals surface area contributed by atoms with Gasteiger partial charge in [0.25, 0.3) is 0 Å². The first kappa shape index (κ1) is 18.6. The molecule has 7 heteroatoms. The van der Waals surface area contributed by atoms with Crippen LogP contribution in [0, 0.1) is 0 Å². The van der Waals surface area contributed by atoms with Crippen molar-refractivity contribution in [2.75, 3.05) is 27.4 Å². The van der Waals surface area contributed by atoms with Gasteiger partial charge in [-0.25, -0.2) is 4.79 Å². The van der Waals surface area contributed by atoms with E-state index in [1.165, 1.54) is 20.3 Å². The van der Waals surface area contributed by atoms with E-state index in [4.69, 9.17) is 30.5 Å². The van der Waals surface area contributed by atoms with E-state index in [1.807, 2.05) is 0 Å². The van der Waals surface area contributed by atoms with E-state index in [-0.39, 0.29) is 12.4 Å². The number of benzene rings is 2. The molecule has 0 heterocycles. The third kappa shape index (κ3) is 5.39. The SMILES string of the molecule is COc1ccc(C(=O)COC(=O)COc2ccc(Cl)cc2)cc1OC. The van der Waals surface area contributed by atoms with Crippen molar-refractivity contribution in [3.05, 3.63) is 53.1 Å². The Kier molecular flexibility index (Phi) is 6.65. The molecule has 2 rings (SSSR count). The average molecular weight is 365 g/mol. The second-order valence-electron chi connectivity index (χ2n) is 4.90. The maximum atomic E-state index is 12.1. The highest BCUT2D eigenvalue weighted by Gasteiger charge is 2.13. The number of hydrogen-bond donors (Lipinski definition) is 0. The highest BCUT2D eigenvalue weighted by molar-refractivity contribution is 6.30. The number of methoxy groups -OCH3 is 2. The van der Waals surface area contributed by atoms with Gasteiger partial charge in [-0.3, -0.25) is 4.79 Å². The molecule has 0 fully saturated rings. The Bertz CT molecular complexity index is 742. The van der Waals surface area contributed by atoms with Crippen molar-refractivity contribution in [2.24, 2.45) is 0 Å². The molecule has 0 unspecified atom stereocenters. The predicted molar refractivity (Wildman–Crippen MR) is 91.8 cm³/mol. The van der Waals surface area contributed by atoms with Crippen LogP contribution in [0.5, 0.6) is 17.2 Å². The summed E-state index contributed by atoms with van der Waals surface area (Å²) in [6, 6.07) is 11.2. The zero-order chi connectivity index (χ0) is 18.2. The predicted octanol–water partition coefficient (Wildman–Crippen LogP) is 3.16. The van der Waals surface area contributed by atoms with Gasteiger partial charge in [0, 0.05) is 10.6 Å². The van der Waals surface area contributed by atoms with E-state index >= 15 is 0 Å². The second kappa shape index (κ2) is 8.94. The molecule has 0 aliphatic heterocycles. The lowest BCUT2D eigenvalue weighted by Crippen LogP contribution is -2.19. The molecule has 0 spiro atoms. The maximum Gasteiger partial charge on any atom is 0.344 e. The van der Waals surface area contributed by atoms with Crippen molar-refractivity contribution >= 4 is 23.4 Å². The average Bonchev–Trinajstić information content (AvgIpc) is 2.64. The molecule has 0 atom stereocenters. The lowest BCUT2D eigenvalue weighted by Gasteiger charge is -2.09. The van der Waals surface area contributed by atoms with Crippen LogP contribution in [0.2, 0.25) is 5.02 Å². The van der Waals surface area contributed by atoms with E-state index in [9.17, 15) is 9.59 Å². The summed E-state index contributed by atoms with van der Waals surface area (Å²) < 4.78 is 20.4. The number of rotatable bonds is 8. The Balaban J connectivity index is 1.84. The summed E-state index contributed by atoms with van der Waals surface area (Å²) in [5.74, 6) is 0.398. The number of ketones is 1. The topological polar surface area (TPSA) is 71.1 Å². The minimum atomic E-state index is -0.649. The molecule has 0 saturated heterocycles. The summed E-state index contributed by atoms with van der Waals surface area (Å²) >= 11 is 5.76. The molecule has 0 bridgehead atoms. The summed E-state index contributed by atoms with van der Waals surface area (Å²) in [5, 5.41) is 0.565. The van der Waals surface area contributed by atoms with Crippen molar-refractivity contribution in [3.63, 3.8) is 0 Å². The van der Waals surface area contributed by atoms with Crippen LogP contribution in [0.3, 0.4) is 0 Å². The van der Waals surface area contributed by atoms with E-state index in [0.29, 0.717) is 27.8 Å². The Morgan fingerprint density at radius 1 is 0.920 bits per heavy atom. The molecule has 0 amide bonds. The lowest BCUT2D eigenvalue weighted by molar-refractivity contribution is -0.144. The molecular weight excluding hydrogens is 348 g/mol. The van der Waals surface area contributed by atoms with Crippen LogP contribution < -0.4 is 14.2 Å². The van der Waals surface area contributed by atoms with Crippen LogP contribution in [0.15, 0.2) is 42.5 Å². The number of ether oxygens (including phenoxy) is 4. The van der Waals surface area contributed by atoms with Gasteiger partial charge < -0.3 is 18.9 Å². The van der Waals surface area contributed by atoms with Crippen LogP contribution in [0.4, 0.5) is 0 Å². The second-order valence-corrected chi connectivity index (χ2v) is 5.33. The number of halogens is 1. The monoisotopic (exact) mass is 364 g/mol. The van der Waals surface area contributed by atoms with Gasteiger partial charge >= 0.3 is 5.97 Å². The fourth-order valence-electron chi connectivity index (χ4n) is 1.95. The zero-order valence-corrected chi connectivity index (χ0v) is 14.5. The maximum absolute atomic E-state index is 12.1. The van der Waals surface area contributed by atoms with Gasteiger partial charge in [-0.05, 0) is 42.5 Å². The van der Waals surface area contributed by atoms with Crippen molar-refractivity contribution < 1.29 is 28.5 Å². The van der Waals surface area contributed by atoms with Crippen molar-refractivity contribution in [1.29, 1.82) is 0 Å². The van der Waals surface area contributed by atoms with Crippen LogP contribution in [0.25, 0.3) is 0 Å².